The van der Waals surface area contributed by atoms with Crippen LogP contribution < -0.4 is 10.6 Å². The number of aromatic nitrogens is 4. The molecule has 3 aromatic rings. The molecule has 0 spiro atoms. The fraction of sp³-hybridized carbons (Fsp3) is 0.333. The fourth-order valence-electron chi connectivity index (χ4n) is 2.56. The summed E-state index contributed by atoms with van der Waals surface area (Å²) in [5.74, 6) is 0. The number of aryl methyl sites for hydroxylation is 2. The van der Waals surface area contributed by atoms with Gasteiger partial charge in [-0.2, -0.15) is 5.10 Å². The Morgan fingerprint density at radius 1 is 1.35 bits per heavy atom. The van der Waals surface area contributed by atoms with Crippen molar-refractivity contribution in [1.82, 2.24) is 25.1 Å². The molecule has 1 aromatic carbocycles. The number of carbonyl (C=O) groups excluding carboxylic acids is 1. The second-order valence-corrected chi connectivity index (χ2v) is 7.28. The van der Waals surface area contributed by atoms with Gasteiger partial charge in [0.2, 0.25) is 0 Å². The molecule has 0 saturated carbocycles. The summed E-state index contributed by atoms with van der Waals surface area (Å²) in [5, 5.41) is 10.9. The van der Waals surface area contributed by atoms with Crippen molar-refractivity contribution in [3.63, 3.8) is 0 Å². The lowest BCUT2D eigenvalue weighted by Crippen LogP contribution is -2.32. The summed E-state index contributed by atoms with van der Waals surface area (Å²) in [6.07, 6.45) is 3.95. The first-order valence-corrected chi connectivity index (χ1v) is 9.29. The Hall–Kier alpha value is -2.74. The van der Waals surface area contributed by atoms with Crippen LogP contribution in [0.5, 0.6) is 0 Å². The lowest BCUT2D eigenvalue weighted by atomic mass is 10.2. The Morgan fingerprint density at radius 3 is 2.85 bits per heavy atom. The Labute approximate surface area is 156 Å². The number of benzene rings is 1. The van der Waals surface area contributed by atoms with Crippen molar-refractivity contribution in [3.8, 4) is 0 Å². The van der Waals surface area contributed by atoms with Gasteiger partial charge < -0.3 is 10.6 Å². The molecule has 136 valence electrons. The fourth-order valence-corrected chi connectivity index (χ4v) is 3.62. The quantitative estimate of drug-likeness (QED) is 0.693. The van der Waals surface area contributed by atoms with Crippen LogP contribution in [0.4, 0.5) is 10.5 Å². The minimum Gasteiger partial charge on any atom is -0.329 e. The second-order valence-electron chi connectivity index (χ2n) is 6.05. The molecule has 0 fully saturated rings. The lowest BCUT2D eigenvalue weighted by Gasteiger charge is -2.15. The summed E-state index contributed by atoms with van der Waals surface area (Å²) in [4.78, 5) is 22.1. The van der Waals surface area contributed by atoms with Crippen LogP contribution in [0.3, 0.4) is 0 Å². The van der Waals surface area contributed by atoms with Crippen molar-refractivity contribution in [2.24, 2.45) is 0 Å². The zero-order chi connectivity index (χ0) is 18.5. The monoisotopic (exact) mass is 370 g/mol. The lowest BCUT2D eigenvalue weighted by molar-refractivity contribution is 0.248. The van der Waals surface area contributed by atoms with Crippen molar-refractivity contribution in [2.75, 3.05) is 5.32 Å². The third-order valence-electron chi connectivity index (χ3n) is 4.05. The molecule has 26 heavy (non-hydrogen) atoms. The molecule has 0 aliphatic heterocycles. The van der Waals surface area contributed by atoms with Crippen molar-refractivity contribution in [3.05, 3.63) is 58.1 Å². The van der Waals surface area contributed by atoms with E-state index in [-0.39, 0.29) is 12.1 Å². The highest BCUT2D eigenvalue weighted by Crippen LogP contribution is 2.25. The highest BCUT2D eigenvalue weighted by atomic mass is 32.1. The number of nitrogens with zero attached hydrogens (tertiary/aromatic N) is 4. The summed E-state index contributed by atoms with van der Waals surface area (Å²) in [6.45, 7) is 6.68. The van der Waals surface area contributed by atoms with Crippen molar-refractivity contribution in [1.29, 1.82) is 0 Å². The third-order valence-corrected chi connectivity index (χ3v) is 5.24. The predicted molar refractivity (Wildman–Crippen MR) is 102 cm³/mol. The number of urea groups is 1. The van der Waals surface area contributed by atoms with E-state index in [1.807, 2.05) is 45.0 Å². The van der Waals surface area contributed by atoms with Gasteiger partial charge in [0.05, 0.1) is 18.3 Å². The maximum absolute atomic E-state index is 12.4. The average molecular weight is 370 g/mol. The minimum atomic E-state index is -0.236. The van der Waals surface area contributed by atoms with E-state index in [0.717, 1.165) is 28.4 Å². The van der Waals surface area contributed by atoms with E-state index in [2.05, 4.69) is 25.7 Å². The van der Waals surface area contributed by atoms with E-state index < -0.39 is 0 Å². The van der Waals surface area contributed by atoms with E-state index in [4.69, 9.17) is 0 Å². The normalized spacial score (nSPS) is 12.0. The number of thiazole rings is 1. The van der Waals surface area contributed by atoms with E-state index in [1.165, 1.54) is 11.2 Å². The summed E-state index contributed by atoms with van der Waals surface area (Å²) in [6, 6.07) is 7.36. The third kappa shape index (κ3) is 4.45. The number of nitrogens with one attached hydrogen (secondary N) is 2. The van der Waals surface area contributed by atoms with Crippen LogP contribution >= 0.6 is 11.3 Å². The Bertz CT molecular complexity index is 854. The van der Waals surface area contributed by atoms with E-state index in [0.29, 0.717) is 6.54 Å². The van der Waals surface area contributed by atoms with Crippen LogP contribution in [0.1, 0.15) is 40.5 Å². The van der Waals surface area contributed by atoms with E-state index in [1.54, 1.807) is 22.3 Å². The van der Waals surface area contributed by atoms with Crippen LogP contribution in [0.2, 0.25) is 0 Å². The van der Waals surface area contributed by atoms with Gasteiger partial charge in [0, 0.05) is 10.6 Å². The highest BCUT2D eigenvalue weighted by molar-refractivity contribution is 7.11. The summed E-state index contributed by atoms with van der Waals surface area (Å²) >= 11 is 1.63. The molecule has 2 amide bonds. The average Bonchev–Trinajstić information content (AvgIpc) is 3.23. The minimum absolute atomic E-state index is 0.0919. The SMILES string of the molecule is CC[C@H](NC(=O)Nc1cccc(Cn2cncn2)c1)c1nc(C)c(C)s1. The first kappa shape index (κ1) is 18.1. The highest BCUT2D eigenvalue weighted by Gasteiger charge is 2.17. The summed E-state index contributed by atoms with van der Waals surface area (Å²) < 4.78 is 1.74. The molecular formula is C18H22N6OS. The zero-order valence-electron chi connectivity index (χ0n) is 15.1. The molecule has 2 heterocycles. The van der Waals surface area contributed by atoms with Crippen LogP contribution in [-0.2, 0) is 6.54 Å². The molecule has 2 N–H and O–H groups in total. The van der Waals surface area contributed by atoms with Crippen molar-refractivity contribution >= 4 is 23.1 Å². The first-order valence-electron chi connectivity index (χ1n) is 8.48. The zero-order valence-corrected chi connectivity index (χ0v) is 15.9. The first-order chi connectivity index (χ1) is 12.5. The molecule has 8 heteroatoms. The van der Waals surface area contributed by atoms with Gasteiger partial charge in [-0.3, -0.25) is 0 Å². The molecule has 0 bridgehead atoms. The maximum Gasteiger partial charge on any atom is 0.319 e. The number of rotatable bonds is 6. The largest absolute Gasteiger partial charge is 0.329 e. The van der Waals surface area contributed by atoms with E-state index in [9.17, 15) is 4.79 Å². The maximum atomic E-state index is 12.4. The molecular weight excluding hydrogens is 348 g/mol. The van der Waals surface area contributed by atoms with Gasteiger partial charge in [-0.1, -0.05) is 19.1 Å². The standard InChI is InChI=1S/C18H22N6OS/c1-4-16(17-21-12(2)13(3)26-17)23-18(25)22-15-7-5-6-14(8-15)9-24-11-19-10-20-24/h5-8,10-11,16H,4,9H2,1-3H3,(H2,22,23,25)/t16-/m0/s1. The van der Waals surface area contributed by atoms with Gasteiger partial charge in [0.1, 0.15) is 17.7 Å². The van der Waals surface area contributed by atoms with Gasteiger partial charge in [-0.15, -0.1) is 11.3 Å². The molecule has 7 nitrogen and oxygen atoms in total. The topological polar surface area (TPSA) is 84.7 Å². The number of carbonyl (C=O) groups is 1. The van der Waals surface area contributed by atoms with Gasteiger partial charge in [0.25, 0.3) is 0 Å². The predicted octanol–water partition coefficient (Wildman–Crippen LogP) is 3.67. The number of hydrogen-bond acceptors (Lipinski definition) is 5. The van der Waals surface area contributed by atoms with Gasteiger partial charge in [-0.25, -0.2) is 19.4 Å². The Balaban J connectivity index is 1.63. The molecule has 0 radical (unpaired) electrons. The summed E-state index contributed by atoms with van der Waals surface area (Å²) in [5.41, 5.74) is 2.79. The molecule has 0 unspecified atom stereocenters. The Kier molecular flexibility index (Phi) is 5.62. The van der Waals surface area contributed by atoms with Gasteiger partial charge in [0.15, 0.2) is 0 Å². The molecule has 1 atom stereocenters. The molecule has 0 saturated heterocycles. The summed E-state index contributed by atoms with van der Waals surface area (Å²) in [7, 11) is 0. The van der Waals surface area contributed by atoms with Gasteiger partial charge in [-0.05, 0) is 38.0 Å². The van der Waals surface area contributed by atoms with Crippen molar-refractivity contribution in [2.45, 2.75) is 39.8 Å². The molecule has 0 aliphatic rings. The van der Waals surface area contributed by atoms with Crippen LogP contribution in [-0.4, -0.2) is 25.8 Å². The number of hydrogen-bond donors (Lipinski definition) is 2. The van der Waals surface area contributed by atoms with Crippen LogP contribution in [0, 0.1) is 13.8 Å². The van der Waals surface area contributed by atoms with Crippen LogP contribution in [0.25, 0.3) is 0 Å². The molecule has 2 aromatic heterocycles. The Morgan fingerprint density at radius 2 is 2.19 bits per heavy atom. The van der Waals surface area contributed by atoms with E-state index >= 15 is 0 Å². The molecule has 0 aliphatic carbocycles. The number of anilines is 1. The van der Waals surface area contributed by atoms with Crippen LogP contribution in [0.15, 0.2) is 36.9 Å². The molecule has 3 rings (SSSR count). The van der Waals surface area contributed by atoms with Gasteiger partial charge >= 0.3 is 6.03 Å². The second kappa shape index (κ2) is 8.09. The van der Waals surface area contributed by atoms with Crippen molar-refractivity contribution < 1.29 is 4.79 Å². The number of amides is 2. The smallest absolute Gasteiger partial charge is 0.319 e.